The van der Waals surface area contributed by atoms with Crippen LogP contribution in [-0.2, 0) is 9.53 Å². The van der Waals surface area contributed by atoms with Crippen LogP contribution in [0.5, 0.6) is 0 Å². The Morgan fingerprint density at radius 1 is 1.40 bits per heavy atom. The van der Waals surface area contributed by atoms with Gasteiger partial charge in [-0.25, -0.2) is 0 Å². The number of nitrogens with two attached hydrogens (primary N) is 1. The standard InChI is InChI=1S/C14H22N4O2/c1-20-10-2-3-14(19)18-8-6-17(7-9-18)13-4-5-16-11-12(13)15/h4-5,11H,2-3,6-10,15H2,1H3. The molecule has 0 saturated carbocycles. The molecule has 0 spiro atoms. The highest BCUT2D eigenvalue weighted by Crippen LogP contribution is 2.22. The molecule has 110 valence electrons. The maximum atomic E-state index is 12.0. The number of amides is 1. The van der Waals surface area contributed by atoms with Crippen molar-refractivity contribution in [1.82, 2.24) is 9.88 Å². The number of piperazine rings is 1. The van der Waals surface area contributed by atoms with Gasteiger partial charge in [0, 0.05) is 52.5 Å². The lowest BCUT2D eigenvalue weighted by Gasteiger charge is -2.36. The maximum absolute atomic E-state index is 12.0. The molecule has 0 bridgehead atoms. The first-order valence-electron chi connectivity index (χ1n) is 6.93. The SMILES string of the molecule is COCCCC(=O)N1CCN(c2ccncc2N)CC1. The lowest BCUT2D eigenvalue weighted by molar-refractivity contribution is -0.131. The third-order valence-corrected chi connectivity index (χ3v) is 3.54. The van der Waals surface area contributed by atoms with Crippen molar-refractivity contribution in [1.29, 1.82) is 0 Å². The van der Waals surface area contributed by atoms with Crippen molar-refractivity contribution in [3.05, 3.63) is 18.5 Å². The van der Waals surface area contributed by atoms with Gasteiger partial charge in [-0.3, -0.25) is 9.78 Å². The van der Waals surface area contributed by atoms with E-state index in [1.165, 1.54) is 0 Å². The molecule has 2 heterocycles. The zero-order chi connectivity index (χ0) is 14.4. The summed E-state index contributed by atoms with van der Waals surface area (Å²) in [5.74, 6) is 0.212. The van der Waals surface area contributed by atoms with Crippen molar-refractivity contribution >= 4 is 17.3 Å². The average molecular weight is 278 g/mol. The maximum Gasteiger partial charge on any atom is 0.222 e. The fourth-order valence-electron chi connectivity index (χ4n) is 2.41. The van der Waals surface area contributed by atoms with Crippen LogP contribution in [0.4, 0.5) is 11.4 Å². The summed E-state index contributed by atoms with van der Waals surface area (Å²) in [7, 11) is 1.66. The number of carbonyl (C=O) groups is 1. The summed E-state index contributed by atoms with van der Waals surface area (Å²) >= 11 is 0. The largest absolute Gasteiger partial charge is 0.396 e. The summed E-state index contributed by atoms with van der Waals surface area (Å²) in [5.41, 5.74) is 7.62. The fraction of sp³-hybridized carbons (Fsp3) is 0.571. The number of methoxy groups -OCH3 is 1. The second kappa shape index (κ2) is 7.09. The molecule has 0 radical (unpaired) electrons. The van der Waals surface area contributed by atoms with E-state index in [-0.39, 0.29) is 5.91 Å². The number of hydrogen-bond acceptors (Lipinski definition) is 5. The van der Waals surface area contributed by atoms with Crippen LogP contribution in [0.2, 0.25) is 0 Å². The van der Waals surface area contributed by atoms with Crippen LogP contribution in [0, 0.1) is 0 Å². The molecule has 0 aromatic carbocycles. The zero-order valence-corrected chi connectivity index (χ0v) is 11.9. The van der Waals surface area contributed by atoms with Gasteiger partial charge in [0.25, 0.3) is 0 Å². The summed E-state index contributed by atoms with van der Waals surface area (Å²) < 4.78 is 4.97. The van der Waals surface area contributed by atoms with Crippen molar-refractivity contribution in [3.8, 4) is 0 Å². The topological polar surface area (TPSA) is 71.7 Å². The highest BCUT2D eigenvalue weighted by atomic mass is 16.5. The van der Waals surface area contributed by atoms with E-state index in [9.17, 15) is 4.79 Å². The smallest absolute Gasteiger partial charge is 0.222 e. The highest BCUT2D eigenvalue weighted by Gasteiger charge is 2.21. The lowest BCUT2D eigenvalue weighted by Crippen LogP contribution is -2.49. The second-order valence-corrected chi connectivity index (χ2v) is 4.90. The molecule has 1 amide bonds. The van der Waals surface area contributed by atoms with Crippen LogP contribution in [0.15, 0.2) is 18.5 Å². The van der Waals surface area contributed by atoms with E-state index in [0.29, 0.717) is 18.7 Å². The minimum atomic E-state index is 0.212. The highest BCUT2D eigenvalue weighted by molar-refractivity contribution is 5.76. The molecule has 0 aliphatic carbocycles. The summed E-state index contributed by atoms with van der Waals surface area (Å²) in [4.78, 5) is 20.1. The van der Waals surface area contributed by atoms with E-state index in [1.54, 1.807) is 19.5 Å². The Bertz CT molecular complexity index is 445. The first kappa shape index (κ1) is 14.6. The van der Waals surface area contributed by atoms with Crippen molar-refractivity contribution in [3.63, 3.8) is 0 Å². The molecule has 0 unspecified atom stereocenters. The van der Waals surface area contributed by atoms with E-state index >= 15 is 0 Å². The number of rotatable bonds is 5. The van der Waals surface area contributed by atoms with Crippen molar-refractivity contribution in [2.45, 2.75) is 12.8 Å². The number of ether oxygens (including phenoxy) is 1. The quantitative estimate of drug-likeness (QED) is 0.804. The Labute approximate surface area is 119 Å². The van der Waals surface area contributed by atoms with Gasteiger partial charge in [0.15, 0.2) is 0 Å². The molecule has 2 N–H and O–H groups in total. The Hall–Kier alpha value is -1.82. The van der Waals surface area contributed by atoms with Crippen molar-refractivity contribution in [2.24, 2.45) is 0 Å². The normalized spacial score (nSPS) is 15.4. The van der Waals surface area contributed by atoms with Crippen LogP contribution in [0.1, 0.15) is 12.8 Å². The Morgan fingerprint density at radius 3 is 2.80 bits per heavy atom. The molecule has 1 saturated heterocycles. The minimum Gasteiger partial charge on any atom is -0.396 e. The predicted octanol–water partition coefficient (Wildman–Crippen LogP) is 0.739. The number of nitrogens with zero attached hydrogens (tertiary/aromatic N) is 3. The summed E-state index contributed by atoms with van der Waals surface area (Å²) in [6, 6.07) is 1.92. The van der Waals surface area contributed by atoms with Crippen LogP contribution < -0.4 is 10.6 Å². The van der Waals surface area contributed by atoms with Crippen LogP contribution >= 0.6 is 0 Å². The van der Waals surface area contributed by atoms with Gasteiger partial charge >= 0.3 is 0 Å². The van der Waals surface area contributed by atoms with Crippen LogP contribution in [0.3, 0.4) is 0 Å². The molecule has 1 aromatic rings. The van der Waals surface area contributed by atoms with E-state index < -0.39 is 0 Å². The van der Waals surface area contributed by atoms with E-state index in [4.69, 9.17) is 10.5 Å². The molecular weight excluding hydrogens is 256 g/mol. The van der Waals surface area contributed by atoms with E-state index in [1.807, 2.05) is 11.0 Å². The van der Waals surface area contributed by atoms with E-state index in [2.05, 4.69) is 9.88 Å². The number of pyridine rings is 1. The molecule has 1 aromatic heterocycles. The number of anilines is 2. The Kier molecular flexibility index (Phi) is 5.17. The van der Waals surface area contributed by atoms with Gasteiger partial charge in [0.05, 0.1) is 17.6 Å². The number of nitrogen functional groups attached to an aromatic ring is 1. The second-order valence-electron chi connectivity index (χ2n) is 4.90. The minimum absolute atomic E-state index is 0.212. The Balaban J connectivity index is 1.83. The molecule has 1 aliphatic heterocycles. The molecule has 6 heteroatoms. The van der Waals surface area contributed by atoms with Crippen LogP contribution in [0.25, 0.3) is 0 Å². The zero-order valence-electron chi connectivity index (χ0n) is 11.9. The predicted molar refractivity (Wildman–Crippen MR) is 78.6 cm³/mol. The van der Waals surface area contributed by atoms with E-state index in [0.717, 1.165) is 38.3 Å². The van der Waals surface area contributed by atoms with Gasteiger partial charge in [-0.05, 0) is 12.5 Å². The molecule has 0 atom stereocenters. The van der Waals surface area contributed by atoms with Crippen molar-refractivity contribution in [2.75, 3.05) is 50.5 Å². The van der Waals surface area contributed by atoms with Gasteiger partial charge < -0.3 is 20.3 Å². The third-order valence-electron chi connectivity index (χ3n) is 3.54. The lowest BCUT2D eigenvalue weighted by atomic mass is 10.2. The summed E-state index contributed by atoms with van der Waals surface area (Å²) in [6.45, 7) is 3.74. The number of aromatic nitrogens is 1. The molecular formula is C14H22N4O2. The van der Waals surface area contributed by atoms with Crippen LogP contribution in [-0.4, -0.2) is 55.7 Å². The first-order valence-corrected chi connectivity index (χ1v) is 6.93. The van der Waals surface area contributed by atoms with Gasteiger partial charge in [-0.15, -0.1) is 0 Å². The number of hydrogen-bond donors (Lipinski definition) is 1. The molecule has 2 rings (SSSR count). The summed E-state index contributed by atoms with van der Waals surface area (Å²) in [5, 5.41) is 0. The average Bonchev–Trinajstić information content (AvgIpc) is 2.48. The van der Waals surface area contributed by atoms with Gasteiger partial charge in [-0.1, -0.05) is 0 Å². The number of carbonyl (C=O) groups excluding carboxylic acids is 1. The van der Waals surface area contributed by atoms with Gasteiger partial charge in [0.1, 0.15) is 0 Å². The molecule has 6 nitrogen and oxygen atoms in total. The first-order chi connectivity index (χ1) is 9.72. The van der Waals surface area contributed by atoms with Gasteiger partial charge in [0.2, 0.25) is 5.91 Å². The monoisotopic (exact) mass is 278 g/mol. The third kappa shape index (κ3) is 3.60. The van der Waals surface area contributed by atoms with Crippen molar-refractivity contribution < 1.29 is 9.53 Å². The van der Waals surface area contributed by atoms with Gasteiger partial charge in [-0.2, -0.15) is 0 Å². The molecule has 1 aliphatic rings. The molecule has 1 fully saturated rings. The Morgan fingerprint density at radius 2 is 2.15 bits per heavy atom. The molecule has 20 heavy (non-hydrogen) atoms. The summed E-state index contributed by atoms with van der Waals surface area (Å²) in [6.07, 6.45) is 4.75. The fourth-order valence-corrected chi connectivity index (χ4v) is 2.41.